The fourth-order valence-electron chi connectivity index (χ4n) is 3.25. The summed E-state index contributed by atoms with van der Waals surface area (Å²) in [6, 6.07) is 4.45. The van der Waals surface area contributed by atoms with Crippen molar-refractivity contribution in [2.75, 3.05) is 11.1 Å². The van der Waals surface area contributed by atoms with E-state index in [4.69, 9.17) is 0 Å². The molecule has 2 unspecified atom stereocenters. The van der Waals surface area contributed by atoms with E-state index >= 15 is 0 Å². The number of amides is 1. The maximum absolute atomic E-state index is 12.6. The summed E-state index contributed by atoms with van der Waals surface area (Å²) in [5, 5.41) is 23.7. The molecule has 2 aliphatic rings. The molecule has 1 fully saturated rings. The number of alkyl halides is 3. The number of carbonyl (C=O) groups is 1. The molecule has 4 nitrogen and oxygen atoms in total. The van der Waals surface area contributed by atoms with Gasteiger partial charge < -0.3 is 5.32 Å². The van der Waals surface area contributed by atoms with Crippen molar-refractivity contribution in [2.45, 2.75) is 41.3 Å². The number of thioether (sulfide) groups is 1. The van der Waals surface area contributed by atoms with E-state index in [2.05, 4.69) is 65.2 Å². The summed E-state index contributed by atoms with van der Waals surface area (Å²) >= 11 is 11.8. The first-order chi connectivity index (χ1) is 10.9. The fraction of sp³-hybridized carbons (Fsp3) is 0.667. The Morgan fingerprint density at radius 1 is 1.30 bits per heavy atom. The van der Waals surface area contributed by atoms with Gasteiger partial charge >= 0.3 is 0 Å². The average Bonchev–Trinajstić information content (AvgIpc) is 2.58. The summed E-state index contributed by atoms with van der Waals surface area (Å²) in [5.74, 6) is 0.373. The first-order valence-electron chi connectivity index (χ1n) is 7.34. The Hall–Kier alpha value is -0.0200. The summed E-state index contributed by atoms with van der Waals surface area (Å²) in [4.78, 5) is 12.9. The van der Waals surface area contributed by atoms with Gasteiger partial charge in [-0.3, -0.25) is 4.79 Å². The minimum Gasteiger partial charge on any atom is -0.318 e. The van der Waals surface area contributed by atoms with Crippen molar-refractivity contribution in [1.82, 2.24) is 5.32 Å². The van der Waals surface area contributed by atoms with E-state index in [1.807, 2.05) is 0 Å². The van der Waals surface area contributed by atoms with Crippen molar-refractivity contribution < 1.29 is 4.79 Å². The first kappa shape index (κ1) is 19.3. The number of rotatable bonds is 4. The van der Waals surface area contributed by atoms with Gasteiger partial charge in [0, 0.05) is 21.3 Å². The number of halogens is 3. The quantitative estimate of drug-likeness (QED) is 0.554. The van der Waals surface area contributed by atoms with Crippen molar-refractivity contribution >= 4 is 65.5 Å². The monoisotopic (exact) mass is 523 g/mol. The smallest absolute Gasteiger partial charge is 0.257 e. The van der Waals surface area contributed by atoms with Crippen LogP contribution in [0.25, 0.3) is 0 Å². The van der Waals surface area contributed by atoms with Crippen LogP contribution in [0.1, 0.15) is 32.1 Å². The number of carbonyl (C=O) groups excluding carboxylic acids is 1. The van der Waals surface area contributed by atoms with Crippen LogP contribution in [0, 0.1) is 28.1 Å². The summed E-state index contributed by atoms with van der Waals surface area (Å²) in [7, 11) is 0. The van der Waals surface area contributed by atoms with Crippen molar-refractivity contribution in [1.29, 1.82) is 10.5 Å². The van der Waals surface area contributed by atoms with Crippen molar-refractivity contribution in [3.05, 3.63) is 10.6 Å². The molecule has 0 aromatic heterocycles. The number of nitriles is 2. The van der Waals surface area contributed by atoms with Crippen LogP contribution in [-0.2, 0) is 4.79 Å². The fourth-order valence-corrected chi connectivity index (χ4v) is 5.89. The molecule has 0 aromatic carbocycles. The molecule has 8 heteroatoms. The minimum atomic E-state index is -1.36. The lowest BCUT2D eigenvalue weighted by atomic mass is 9.61. The topological polar surface area (TPSA) is 76.7 Å². The molecular formula is C15H16Br3N3OS. The highest BCUT2D eigenvalue weighted by Gasteiger charge is 2.61. The van der Waals surface area contributed by atoms with Crippen LogP contribution in [0.2, 0.25) is 0 Å². The molecule has 1 aliphatic heterocycles. The SMILES string of the molecule is N#CC1=C(SCC(Br)CBr)NC(=O)C(Br)(C#N)C12CCCCC2. The van der Waals surface area contributed by atoms with Gasteiger partial charge in [0.05, 0.1) is 22.7 Å². The average molecular weight is 526 g/mol. The zero-order chi connectivity index (χ0) is 17.1. The van der Waals surface area contributed by atoms with Crippen LogP contribution in [0.4, 0.5) is 0 Å². The summed E-state index contributed by atoms with van der Waals surface area (Å²) in [5.41, 5.74) is -0.176. The Balaban J connectivity index is 2.49. The highest BCUT2D eigenvalue weighted by atomic mass is 79.9. The van der Waals surface area contributed by atoms with Crippen molar-refractivity contribution in [3.63, 3.8) is 0 Å². The van der Waals surface area contributed by atoms with Gasteiger partial charge in [0.15, 0.2) is 0 Å². The molecule has 1 aliphatic carbocycles. The molecule has 2 atom stereocenters. The van der Waals surface area contributed by atoms with Gasteiger partial charge in [0.25, 0.3) is 5.91 Å². The lowest BCUT2D eigenvalue weighted by Crippen LogP contribution is -2.58. The first-order valence-corrected chi connectivity index (χ1v) is 11.2. The van der Waals surface area contributed by atoms with Crippen LogP contribution in [0.5, 0.6) is 0 Å². The van der Waals surface area contributed by atoms with E-state index in [-0.39, 0.29) is 10.7 Å². The lowest BCUT2D eigenvalue weighted by molar-refractivity contribution is -0.124. The van der Waals surface area contributed by atoms with Crippen LogP contribution < -0.4 is 5.32 Å². The number of hydrogen-bond acceptors (Lipinski definition) is 4. The second kappa shape index (κ2) is 7.91. The minimum absolute atomic E-state index is 0.241. The molecule has 0 aromatic rings. The summed E-state index contributed by atoms with van der Waals surface area (Å²) < 4.78 is -1.36. The normalized spacial score (nSPS) is 28.0. The zero-order valence-electron chi connectivity index (χ0n) is 12.4. The van der Waals surface area contributed by atoms with Crippen LogP contribution >= 0.6 is 59.6 Å². The maximum atomic E-state index is 12.6. The van der Waals surface area contributed by atoms with E-state index in [0.717, 1.165) is 30.3 Å². The molecule has 1 N–H and O–H groups in total. The third-order valence-electron chi connectivity index (χ3n) is 4.45. The predicted molar refractivity (Wildman–Crippen MR) is 103 cm³/mol. The van der Waals surface area contributed by atoms with Crippen LogP contribution in [0.15, 0.2) is 10.6 Å². The predicted octanol–water partition coefficient (Wildman–Crippen LogP) is 4.35. The largest absolute Gasteiger partial charge is 0.318 e. The van der Waals surface area contributed by atoms with E-state index in [9.17, 15) is 15.3 Å². The highest BCUT2D eigenvalue weighted by Crippen LogP contribution is 2.57. The second-order valence-corrected chi connectivity index (χ2v) is 9.91. The molecular weight excluding hydrogens is 510 g/mol. The molecule has 1 heterocycles. The Labute approximate surface area is 165 Å². The van der Waals surface area contributed by atoms with Crippen LogP contribution in [-0.4, -0.2) is 26.1 Å². The number of allylic oxidation sites excluding steroid dienone is 1. The lowest BCUT2D eigenvalue weighted by Gasteiger charge is -2.47. The van der Waals surface area contributed by atoms with Gasteiger partial charge in [-0.05, 0) is 12.8 Å². The van der Waals surface area contributed by atoms with E-state index < -0.39 is 9.74 Å². The van der Waals surface area contributed by atoms with E-state index in [1.165, 1.54) is 11.8 Å². The van der Waals surface area contributed by atoms with Gasteiger partial charge in [-0.25, -0.2) is 0 Å². The molecule has 23 heavy (non-hydrogen) atoms. The standard InChI is InChI=1S/C15H16Br3N3OS/c16-6-10(17)8-23-12-11(7-19)14(4-2-1-3-5-14)15(18,9-20)13(22)21-12/h10H,1-6,8H2,(H,21,22). The van der Waals surface area contributed by atoms with Gasteiger partial charge in [-0.15, -0.1) is 11.8 Å². The molecule has 1 amide bonds. The van der Waals surface area contributed by atoms with Crippen molar-refractivity contribution in [2.24, 2.45) is 5.41 Å². The molecule has 1 spiro atoms. The number of nitrogens with zero attached hydrogens (tertiary/aromatic N) is 2. The molecule has 1 saturated carbocycles. The Morgan fingerprint density at radius 2 is 1.96 bits per heavy atom. The van der Waals surface area contributed by atoms with E-state index in [0.29, 0.717) is 23.4 Å². The highest BCUT2D eigenvalue weighted by molar-refractivity contribution is 9.12. The molecule has 2 rings (SSSR count). The number of nitrogens with one attached hydrogen (secondary N) is 1. The third kappa shape index (κ3) is 3.38. The third-order valence-corrected chi connectivity index (χ3v) is 9.64. The van der Waals surface area contributed by atoms with Gasteiger partial charge in [-0.1, -0.05) is 67.1 Å². The Bertz CT molecular complexity index is 604. The maximum Gasteiger partial charge on any atom is 0.257 e. The van der Waals surface area contributed by atoms with Crippen molar-refractivity contribution in [3.8, 4) is 12.1 Å². The molecule has 0 saturated heterocycles. The van der Waals surface area contributed by atoms with E-state index in [1.54, 1.807) is 0 Å². The molecule has 124 valence electrons. The van der Waals surface area contributed by atoms with Gasteiger partial charge in [0.1, 0.15) is 0 Å². The number of hydrogen-bond donors (Lipinski definition) is 1. The molecule has 0 bridgehead atoms. The second-order valence-electron chi connectivity index (χ2n) is 5.75. The zero-order valence-corrected chi connectivity index (χ0v) is 17.9. The Kier molecular flexibility index (Phi) is 6.64. The summed E-state index contributed by atoms with van der Waals surface area (Å²) in [6.45, 7) is 0. The van der Waals surface area contributed by atoms with Gasteiger partial charge in [0.2, 0.25) is 4.32 Å². The Morgan fingerprint density at radius 3 is 2.48 bits per heavy atom. The summed E-state index contributed by atoms with van der Waals surface area (Å²) in [6.07, 6.45) is 4.29. The van der Waals surface area contributed by atoms with Gasteiger partial charge in [-0.2, -0.15) is 10.5 Å². The van der Waals surface area contributed by atoms with Crippen LogP contribution in [0.3, 0.4) is 0 Å². The molecule has 0 radical (unpaired) electrons.